The van der Waals surface area contributed by atoms with Crippen LogP contribution >= 0.6 is 0 Å². The number of hydrogen-bond donors (Lipinski definition) is 1. The molecule has 0 spiro atoms. The molecule has 2 rings (SSSR count). The van der Waals surface area contributed by atoms with E-state index in [0.717, 1.165) is 0 Å². The molecule has 1 aliphatic heterocycles. The molecule has 2 N–H and O–H groups in total. The van der Waals surface area contributed by atoms with Crippen LogP contribution < -0.4 is 5.73 Å². The van der Waals surface area contributed by atoms with E-state index >= 15 is 0 Å². The summed E-state index contributed by atoms with van der Waals surface area (Å²) in [6, 6.07) is 2.51. The highest BCUT2D eigenvalue weighted by Gasteiger charge is 2.38. The van der Waals surface area contributed by atoms with Crippen molar-refractivity contribution in [2.24, 2.45) is 15.9 Å². The van der Waals surface area contributed by atoms with Gasteiger partial charge in [0.1, 0.15) is 18.1 Å². The number of pyridine rings is 1. The van der Waals surface area contributed by atoms with Crippen LogP contribution in [0.3, 0.4) is 0 Å². The van der Waals surface area contributed by atoms with Crippen molar-refractivity contribution < 1.29 is 14.3 Å². The fourth-order valence-corrected chi connectivity index (χ4v) is 1.59. The van der Waals surface area contributed by atoms with Crippen LogP contribution in [0.5, 0.6) is 0 Å². The lowest BCUT2D eigenvalue weighted by atomic mass is 10.1. The maximum Gasteiger partial charge on any atom is 0.468 e. The summed E-state index contributed by atoms with van der Waals surface area (Å²) >= 11 is 0. The van der Waals surface area contributed by atoms with E-state index in [2.05, 4.69) is 15.2 Å². The van der Waals surface area contributed by atoms with E-state index in [-0.39, 0.29) is 12.3 Å². The van der Waals surface area contributed by atoms with Crippen molar-refractivity contribution in [2.45, 2.75) is 13.5 Å². The summed E-state index contributed by atoms with van der Waals surface area (Å²) in [6.45, 7) is 1.55. The molecule has 7 heteroatoms. The van der Waals surface area contributed by atoms with Gasteiger partial charge in [-0.25, -0.2) is 4.79 Å². The molecule has 0 saturated heterocycles. The number of urea groups is 1. The number of nitrogens with zero attached hydrogens (tertiary/aromatic N) is 4. The van der Waals surface area contributed by atoms with Gasteiger partial charge in [-0.3, -0.25) is 9.78 Å². The lowest BCUT2D eigenvalue weighted by molar-refractivity contribution is -0.873. The van der Waals surface area contributed by atoms with Crippen LogP contribution in [0, 0.1) is 0 Å². The Hall–Kier alpha value is -2.41. The molecule has 7 nitrogen and oxygen atoms in total. The Morgan fingerprint density at radius 1 is 1.33 bits per heavy atom. The first-order chi connectivity index (χ1) is 8.53. The fraction of sp³-hybridized carbons (Fsp3) is 0.182. The molecule has 2 amide bonds. The quantitative estimate of drug-likeness (QED) is 0.626. The normalized spacial score (nSPS) is 15.8. The third kappa shape index (κ3) is 2.16. The van der Waals surface area contributed by atoms with Gasteiger partial charge in [-0.05, 0) is 29.3 Å². The zero-order chi connectivity index (χ0) is 13.2. The Kier molecular flexibility index (Phi) is 2.99. The van der Waals surface area contributed by atoms with Crippen LogP contribution in [-0.4, -0.2) is 33.9 Å². The van der Waals surface area contributed by atoms with E-state index in [1.165, 1.54) is 25.5 Å². The summed E-state index contributed by atoms with van der Waals surface area (Å²) in [7, 11) is 0. The number of hydrogen-bond acceptors (Lipinski definition) is 5. The number of carbonyl (C=O) groups excluding carboxylic acids is 2. The van der Waals surface area contributed by atoms with Crippen molar-refractivity contribution in [2.75, 3.05) is 0 Å². The van der Waals surface area contributed by atoms with Gasteiger partial charge in [0.25, 0.3) is 0 Å². The van der Waals surface area contributed by atoms with Gasteiger partial charge in [0, 0.05) is 16.5 Å². The van der Waals surface area contributed by atoms with Crippen LogP contribution in [-0.2, 0) is 6.54 Å². The van der Waals surface area contributed by atoms with Gasteiger partial charge in [-0.1, -0.05) is 0 Å². The van der Waals surface area contributed by atoms with E-state index in [1.807, 2.05) is 0 Å². The third-order valence-corrected chi connectivity index (χ3v) is 2.54. The molecule has 0 radical (unpaired) electrons. The standard InChI is InChI=1S/C11H11N5O2/c1-8(17)9-2-3-13-10(6-9)7-16(11(12)18)14-4-5-15-16/h2-6H,7H2,1H3,(H-,12,18)/p+1. The highest BCUT2D eigenvalue weighted by molar-refractivity contribution is 6.16. The second-order valence-corrected chi connectivity index (χ2v) is 3.85. The van der Waals surface area contributed by atoms with Crippen molar-refractivity contribution >= 4 is 24.2 Å². The van der Waals surface area contributed by atoms with Crippen LogP contribution in [0.2, 0.25) is 0 Å². The Morgan fingerprint density at radius 2 is 2.00 bits per heavy atom. The summed E-state index contributed by atoms with van der Waals surface area (Å²) in [5.74, 6) is -0.0716. The van der Waals surface area contributed by atoms with E-state index in [1.54, 1.807) is 12.1 Å². The zero-order valence-electron chi connectivity index (χ0n) is 9.78. The minimum absolute atomic E-state index is 0.0716. The van der Waals surface area contributed by atoms with Gasteiger partial charge in [0.05, 0.1) is 0 Å². The molecule has 18 heavy (non-hydrogen) atoms. The molecule has 0 bridgehead atoms. The first-order valence-electron chi connectivity index (χ1n) is 5.27. The molecule has 2 heterocycles. The number of aromatic nitrogens is 1. The average molecular weight is 246 g/mol. The first kappa shape index (κ1) is 12.1. The van der Waals surface area contributed by atoms with Gasteiger partial charge >= 0.3 is 6.03 Å². The van der Waals surface area contributed by atoms with Gasteiger partial charge in [-0.15, -0.1) is 0 Å². The molecule has 0 aliphatic carbocycles. The maximum atomic E-state index is 11.4. The number of nitrogens with two attached hydrogens (primary N) is 1. The second-order valence-electron chi connectivity index (χ2n) is 3.85. The molecular weight excluding hydrogens is 234 g/mol. The summed E-state index contributed by atoms with van der Waals surface area (Å²) in [6.07, 6.45) is 4.31. The molecule has 1 aliphatic rings. The average Bonchev–Trinajstić information content (AvgIpc) is 2.79. The number of quaternary nitrogens is 1. The van der Waals surface area contributed by atoms with Gasteiger partial charge in [0.15, 0.2) is 12.3 Å². The predicted octanol–water partition coefficient (Wildman–Crippen LogP) is 0.665. The highest BCUT2D eigenvalue weighted by Crippen LogP contribution is 2.18. The van der Waals surface area contributed by atoms with Crippen molar-refractivity contribution in [3.63, 3.8) is 0 Å². The van der Waals surface area contributed by atoms with Gasteiger partial charge < -0.3 is 5.73 Å². The lowest BCUT2D eigenvalue weighted by Gasteiger charge is -2.17. The van der Waals surface area contributed by atoms with Crippen LogP contribution in [0.25, 0.3) is 0 Å². The van der Waals surface area contributed by atoms with Crippen LogP contribution in [0.15, 0.2) is 28.5 Å². The summed E-state index contributed by atoms with van der Waals surface area (Å²) < 4.78 is -0.603. The number of rotatable bonds is 3. The van der Waals surface area contributed by atoms with E-state index < -0.39 is 10.7 Å². The third-order valence-electron chi connectivity index (χ3n) is 2.54. The molecule has 1 aromatic rings. The van der Waals surface area contributed by atoms with Crippen molar-refractivity contribution in [1.82, 2.24) is 4.98 Å². The van der Waals surface area contributed by atoms with Gasteiger partial charge in [-0.2, -0.15) is 0 Å². The van der Waals surface area contributed by atoms with Crippen molar-refractivity contribution in [3.05, 3.63) is 29.6 Å². The molecule has 92 valence electrons. The van der Waals surface area contributed by atoms with Gasteiger partial charge in [0.2, 0.25) is 0 Å². The Labute approximate surface area is 103 Å². The second kappa shape index (κ2) is 4.46. The number of primary amides is 1. The predicted molar refractivity (Wildman–Crippen MR) is 64.8 cm³/mol. The van der Waals surface area contributed by atoms with Crippen LogP contribution in [0.1, 0.15) is 23.0 Å². The Morgan fingerprint density at radius 3 is 2.56 bits per heavy atom. The maximum absolute atomic E-state index is 11.4. The number of Topliss-reactive ketones (excluding diaryl/α,β-unsaturated/α-hetero) is 1. The van der Waals surface area contributed by atoms with Crippen molar-refractivity contribution in [3.8, 4) is 0 Å². The largest absolute Gasteiger partial charge is 0.468 e. The van der Waals surface area contributed by atoms with E-state index in [9.17, 15) is 9.59 Å². The topological polar surface area (TPSA) is 97.8 Å². The fourth-order valence-electron chi connectivity index (χ4n) is 1.59. The Bertz CT molecular complexity index is 552. The summed E-state index contributed by atoms with van der Waals surface area (Å²) in [4.78, 5) is 26.8. The zero-order valence-corrected chi connectivity index (χ0v) is 9.78. The molecule has 0 unspecified atom stereocenters. The minimum atomic E-state index is -0.699. The number of ketones is 1. The Balaban J connectivity index is 2.31. The minimum Gasteiger partial charge on any atom is -0.315 e. The lowest BCUT2D eigenvalue weighted by Crippen LogP contribution is -2.45. The highest BCUT2D eigenvalue weighted by atomic mass is 16.2. The monoisotopic (exact) mass is 246 g/mol. The molecule has 0 fully saturated rings. The SMILES string of the molecule is CC(=O)c1ccnc(C[N+]2(C(N)=O)N=CC=N2)c1. The summed E-state index contributed by atoms with van der Waals surface area (Å²) in [5, 5.41) is 7.85. The smallest absolute Gasteiger partial charge is 0.315 e. The van der Waals surface area contributed by atoms with Crippen molar-refractivity contribution in [1.29, 1.82) is 0 Å². The first-order valence-corrected chi connectivity index (χ1v) is 5.27. The molecule has 0 atom stereocenters. The summed E-state index contributed by atoms with van der Waals surface area (Å²) in [5.41, 5.74) is 6.34. The molecular formula is C11H12N5O2+. The molecule has 1 aromatic heterocycles. The van der Waals surface area contributed by atoms with E-state index in [0.29, 0.717) is 11.3 Å². The number of carbonyl (C=O) groups is 2. The van der Waals surface area contributed by atoms with E-state index in [4.69, 9.17) is 5.73 Å². The van der Waals surface area contributed by atoms with Crippen LogP contribution in [0.4, 0.5) is 4.79 Å². The molecule has 0 aromatic carbocycles. The number of amides is 2. The molecule has 0 saturated carbocycles.